The van der Waals surface area contributed by atoms with Crippen LogP contribution < -0.4 is 0 Å². The highest BCUT2D eigenvalue weighted by Crippen LogP contribution is 2.36. The topological polar surface area (TPSA) is 56.5 Å². The second-order valence-corrected chi connectivity index (χ2v) is 10.6. The van der Waals surface area contributed by atoms with Gasteiger partial charge in [0.1, 0.15) is 5.82 Å². The third-order valence-corrected chi connectivity index (χ3v) is 7.47. The molecule has 0 aliphatic heterocycles. The number of hydrogen-bond acceptors (Lipinski definition) is 4. The maximum absolute atomic E-state index is 5.18. The van der Waals surface area contributed by atoms with Gasteiger partial charge in [-0.15, -0.1) is 0 Å². The van der Waals surface area contributed by atoms with E-state index < -0.39 is 0 Å². The predicted molar refractivity (Wildman–Crippen MR) is 170 cm³/mol. The maximum Gasteiger partial charge on any atom is 0.166 e. The van der Waals surface area contributed by atoms with Gasteiger partial charge in [0.15, 0.2) is 17.5 Å². The Morgan fingerprint density at radius 2 is 1.00 bits per heavy atom. The molecule has 7 aromatic rings. The molecule has 0 aliphatic carbocycles. The van der Waals surface area contributed by atoms with E-state index in [1.807, 2.05) is 72.8 Å². The molecule has 0 bridgehead atoms. The minimum atomic E-state index is 0.343. The Morgan fingerprint density at radius 3 is 1.67 bits per heavy atom. The van der Waals surface area contributed by atoms with Gasteiger partial charge >= 0.3 is 0 Å². The van der Waals surface area contributed by atoms with Crippen molar-refractivity contribution < 1.29 is 0 Å². The van der Waals surface area contributed by atoms with E-state index >= 15 is 0 Å². The highest BCUT2D eigenvalue weighted by Gasteiger charge is 2.21. The van der Waals surface area contributed by atoms with Gasteiger partial charge in [0, 0.05) is 22.3 Å². The van der Waals surface area contributed by atoms with E-state index in [2.05, 4.69) is 79.1 Å². The van der Waals surface area contributed by atoms with Crippen LogP contribution in [0.1, 0.15) is 25.3 Å². The highest BCUT2D eigenvalue weighted by atomic mass is 15.1. The van der Waals surface area contributed by atoms with Gasteiger partial charge in [0.2, 0.25) is 0 Å². The Kier molecular flexibility index (Phi) is 6.61. The monoisotopic (exact) mass is 543 g/mol. The van der Waals surface area contributed by atoms with Crippen molar-refractivity contribution in [3.8, 4) is 51.2 Å². The Labute approximate surface area is 245 Å². The van der Waals surface area contributed by atoms with E-state index in [1.165, 1.54) is 5.56 Å². The number of imidazole rings is 1. The Morgan fingerprint density at radius 1 is 0.476 bits per heavy atom. The van der Waals surface area contributed by atoms with Crippen molar-refractivity contribution in [1.82, 2.24) is 24.5 Å². The first kappa shape index (κ1) is 25.5. The third kappa shape index (κ3) is 4.65. The molecule has 0 aliphatic rings. The average Bonchev–Trinajstić information content (AvgIpc) is 3.45. The van der Waals surface area contributed by atoms with Crippen LogP contribution >= 0.6 is 0 Å². The van der Waals surface area contributed by atoms with Gasteiger partial charge in [-0.3, -0.25) is 4.57 Å². The lowest BCUT2D eigenvalue weighted by atomic mass is 9.96. The zero-order chi connectivity index (χ0) is 28.5. The van der Waals surface area contributed by atoms with Crippen LogP contribution in [-0.2, 0) is 0 Å². The number of fused-ring (bicyclic) bond motifs is 1. The summed E-state index contributed by atoms with van der Waals surface area (Å²) >= 11 is 0. The lowest BCUT2D eigenvalue weighted by Crippen LogP contribution is -2.05. The van der Waals surface area contributed by atoms with Crippen LogP contribution in [-0.4, -0.2) is 24.5 Å². The summed E-state index contributed by atoms with van der Waals surface area (Å²) in [5.41, 5.74) is 8.08. The third-order valence-electron chi connectivity index (χ3n) is 7.47. The standard InChI is InChI=1S/C37H29N5/c1-25(2)28-19-9-10-20-29(28)37-38-31-22-12-14-24-33(31)42(37)32-23-13-11-21-30(32)36-40-34(26-15-5-3-6-16-26)39-35(41-36)27-17-7-4-8-18-27/h3-25H,1-2H3. The number of hydrogen-bond donors (Lipinski definition) is 0. The average molecular weight is 544 g/mol. The van der Waals surface area contributed by atoms with E-state index in [1.54, 1.807) is 0 Å². The quantitative estimate of drug-likeness (QED) is 0.210. The predicted octanol–water partition coefficient (Wildman–Crippen LogP) is 9.00. The summed E-state index contributed by atoms with van der Waals surface area (Å²) in [6, 6.07) is 45.3. The molecule has 0 amide bonds. The molecule has 0 radical (unpaired) electrons. The number of rotatable bonds is 6. The van der Waals surface area contributed by atoms with Gasteiger partial charge in [-0.05, 0) is 35.7 Å². The highest BCUT2D eigenvalue weighted by molar-refractivity contribution is 5.86. The summed E-state index contributed by atoms with van der Waals surface area (Å²) in [5.74, 6) is 3.12. The molecular weight excluding hydrogens is 514 g/mol. The normalized spacial score (nSPS) is 11.3. The van der Waals surface area contributed by atoms with E-state index in [0.717, 1.165) is 44.8 Å². The first-order chi connectivity index (χ1) is 20.7. The van der Waals surface area contributed by atoms with Crippen molar-refractivity contribution >= 4 is 11.0 Å². The summed E-state index contributed by atoms with van der Waals surface area (Å²) in [6.07, 6.45) is 0. The second-order valence-electron chi connectivity index (χ2n) is 10.6. The Bertz CT molecular complexity index is 1950. The van der Waals surface area contributed by atoms with Gasteiger partial charge in [0.25, 0.3) is 0 Å². The maximum atomic E-state index is 5.18. The van der Waals surface area contributed by atoms with Crippen molar-refractivity contribution in [2.24, 2.45) is 0 Å². The summed E-state index contributed by atoms with van der Waals surface area (Å²) in [4.78, 5) is 20.2. The second kappa shape index (κ2) is 10.9. The molecule has 2 heterocycles. The van der Waals surface area contributed by atoms with Crippen molar-refractivity contribution in [3.05, 3.63) is 139 Å². The van der Waals surface area contributed by atoms with E-state index in [9.17, 15) is 0 Å². The van der Waals surface area contributed by atoms with E-state index in [4.69, 9.17) is 19.9 Å². The van der Waals surface area contributed by atoms with Gasteiger partial charge in [-0.1, -0.05) is 123 Å². The summed E-state index contributed by atoms with van der Waals surface area (Å²) in [7, 11) is 0. The van der Waals surface area contributed by atoms with Crippen LogP contribution in [0.3, 0.4) is 0 Å². The van der Waals surface area contributed by atoms with Crippen molar-refractivity contribution in [2.75, 3.05) is 0 Å². The zero-order valence-electron chi connectivity index (χ0n) is 23.5. The first-order valence-electron chi connectivity index (χ1n) is 14.2. The molecule has 42 heavy (non-hydrogen) atoms. The lowest BCUT2D eigenvalue weighted by molar-refractivity contribution is 0.865. The van der Waals surface area contributed by atoms with Crippen LogP contribution in [0.5, 0.6) is 0 Å². The summed E-state index contributed by atoms with van der Waals surface area (Å²) < 4.78 is 2.25. The largest absolute Gasteiger partial charge is 0.292 e. The molecule has 0 N–H and O–H groups in total. The molecule has 7 rings (SSSR count). The number of para-hydroxylation sites is 3. The Balaban J connectivity index is 1.51. The Hall–Kier alpha value is -5.42. The molecule has 5 aromatic carbocycles. The molecule has 2 aromatic heterocycles. The minimum Gasteiger partial charge on any atom is -0.292 e. The SMILES string of the molecule is CC(C)c1ccccc1-c1nc2ccccc2n1-c1ccccc1-c1nc(-c2ccccc2)nc(-c2ccccc2)n1. The van der Waals surface area contributed by atoms with Gasteiger partial charge in [-0.25, -0.2) is 19.9 Å². The number of benzene rings is 5. The van der Waals surface area contributed by atoms with Crippen LogP contribution in [0.15, 0.2) is 133 Å². The molecule has 0 atom stereocenters. The fourth-order valence-electron chi connectivity index (χ4n) is 5.44. The molecule has 0 saturated carbocycles. The molecule has 0 saturated heterocycles. The summed E-state index contributed by atoms with van der Waals surface area (Å²) in [5, 5.41) is 0. The smallest absolute Gasteiger partial charge is 0.166 e. The number of nitrogens with zero attached hydrogens (tertiary/aromatic N) is 5. The molecule has 0 unspecified atom stereocenters. The fourth-order valence-corrected chi connectivity index (χ4v) is 5.44. The van der Waals surface area contributed by atoms with Crippen LogP contribution in [0.4, 0.5) is 0 Å². The summed E-state index contributed by atoms with van der Waals surface area (Å²) in [6.45, 7) is 4.45. The van der Waals surface area contributed by atoms with E-state index in [-0.39, 0.29) is 0 Å². The molecule has 5 nitrogen and oxygen atoms in total. The van der Waals surface area contributed by atoms with E-state index in [0.29, 0.717) is 23.4 Å². The van der Waals surface area contributed by atoms with Crippen molar-refractivity contribution in [2.45, 2.75) is 19.8 Å². The fraction of sp³-hybridized carbons (Fsp3) is 0.0811. The van der Waals surface area contributed by atoms with Crippen molar-refractivity contribution in [1.29, 1.82) is 0 Å². The van der Waals surface area contributed by atoms with Gasteiger partial charge in [0.05, 0.1) is 16.7 Å². The van der Waals surface area contributed by atoms with Crippen LogP contribution in [0.2, 0.25) is 0 Å². The minimum absolute atomic E-state index is 0.343. The zero-order valence-corrected chi connectivity index (χ0v) is 23.5. The first-order valence-corrected chi connectivity index (χ1v) is 14.2. The van der Waals surface area contributed by atoms with Gasteiger partial charge < -0.3 is 0 Å². The molecular formula is C37H29N5. The van der Waals surface area contributed by atoms with Crippen LogP contribution in [0.25, 0.3) is 62.3 Å². The molecule has 5 heteroatoms. The van der Waals surface area contributed by atoms with Crippen LogP contribution in [0, 0.1) is 0 Å². The number of aromatic nitrogens is 5. The molecule has 0 fully saturated rings. The molecule has 202 valence electrons. The van der Waals surface area contributed by atoms with Gasteiger partial charge in [-0.2, -0.15) is 0 Å². The molecule has 0 spiro atoms. The van der Waals surface area contributed by atoms with Crippen molar-refractivity contribution in [3.63, 3.8) is 0 Å². The lowest BCUT2D eigenvalue weighted by Gasteiger charge is -2.17.